The average Bonchev–Trinajstić information content (AvgIpc) is 2.78. The number of hydrogen-bond donors (Lipinski definition) is 2. The first-order valence-corrected chi connectivity index (χ1v) is 10.6. The Kier molecular flexibility index (Phi) is 6.58. The van der Waals surface area contributed by atoms with E-state index in [1.54, 1.807) is 61.7 Å². The monoisotopic (exact) mass is 426 g/mol. The van der Waals surface area contributed by atoms with E-state index in [2.05, 4.69) is 10.6 Å². The van der Waals surface area contributed by atoms with Crippen molar-refractivity contribution in [1.82, 2.24) is 0 Å². The predicted octanol–water partition coefficient (Wildman–Crippen LogP) is 3.59. The summed E-state index contributed by atoms with van der Waals surface area (Å²) in [7, 11) is -0.695. The van der Waals surface area contributed by atoms with Crippen molar-refractivity contribution in [3.05, 3.63) is 72.8 Å². The molecule has 156 valence electrons. The van der Waals surface area contributed by atoms with E-state index in [-0.39, 0.29) is 22.2 Å². The van der Waals surface area contributed by atoms with Gasteiger partial charge in [-0.15, -0.1) is 0 Å². The summed E-state index contributed by atoms with van der Waals surface area (Å²) < 4.78 is 36.3. The van der Waals surface area contributed by atoms with Crippen molar-refractivity contribution in [2.24, 2.45) is 0 Å². The molecule has 0 atom stereocenters. The van der Waals surface area contributed by atoms with E-state index in [0.29, 0.717) is 22.9 Å². The van der Waals surface area contributed by atoms with E-state index in [0.717, 1.165) is 0 Å². The van der Waals surface area contributed by atoms with Gasteiger partial charge in [0.05, 0.1) is 36.2 Å². The summed E-state index contributed by atoms with van der Waals surface area (Å²) in [6.45, 7) is -0.0961. The molecule has 0 aliphatic heterocycles. The number of nitrogens with one attached hydrogen (secondary N) is 2. The van der Waals surface area contributed by atoms with Crippen LogP contribution in [0.25, 0.3) is 0 Å². The second kappa shape index (κ2) is 9.32. The number of methoxy groups -OCH3 is 2. The van der Waals surface area contributed by atoms with Crippen LogP contribution in [0.15, 0.2) is 82.6 Å². The lowest BCUT2D eigenvalue weighted by Crippen LogP contribution is -2.22. The molecule has 8 heteroatoms. The van der Waals surface area contributed by atoms with Crippen molar-refractivity contribution in [1.29, 1.82) is 0 Å². The zero-order valence-corrected chi connectivity index (χ0v) is 17.4. The van der Waals surface area contributed by atoms with E-state index in [1.807, 2.05) is 0 Å². The van der Waals surface area contributed by atoms with Crippen LogP contribution >= 0.6 is 0 Å². The van der Waals surface area contributed by atoms with E-state index in [1.165, 1.54) is 25.3 Å². The molecule has 0 saturated carbocycles. The summed E-state index contributed by atoms with van der Waals surface area (Å²) in [5.74, 6) is 0.941. The SMILES string of the molecule is COc1ccc(NC(=O)CNc2ccccc2S(=O)(=O)c2ccc(OC)cc2)cc1. The predicted molar refractivity (Wildman–Crippen MR) is 115 cm³/mol. The number of ether oxygens (including phenoxy) is 2. The molecule has 3 aromatic rings. The van der Waals surface area contributed by atoms with Crippen LogP contribution < -0.4 is 20.1 Å². The number of hydrogen-bond acceptors (Lipinski definition) is 6. The Labute approximate surface area is 175 Å². The van der Waals surface area contributed by atoms with E-state index in [9.17, 15) is 13.2 Å². The third kappa shape index (κ3) is 4.90. The Balaban J connectivity index is 1.73. The van der Waals surface area contributed by atoms with Gasteiger partial charge in [0.25, 0.3) is 0 Å². The summed E-state index contributed by atoms with van der Waals surface area (Å²) in [6.07, 6.45) is 0. The second-order valence-electron chi connectivity index (χ2n) is 6.31. The summed E-state index contributed by atoms with van der Waals surface area (Å²) in [6, 6.07) is 19.5. The van der Waals surface area contributed by atoms with Crippen LogP contribution in [0, 0.1) is 0 Å². The largest absolute Gasteiger partial charge is 0.497 e. The van der Waals surface area contributed by atoms with Crippen molar-refractivity contribution in [3.63, 3.8) is 0 Å². The number of benzene rings is 3. The van der Waals surface area contributed by atoms with Crippen LogP contribution in [-0.2, 0) is 14.6 Å². The van der Waals surface area contributed by atoms with Crippen molar-refractivity contribution in [2.45, 2.75) is 9.79 Å². The Bertz CT molecular complexity index is 1110. The molecule has 1 amide bonds. The van der Waals surface area contributed by atoms with Crippen LogP contribution in [-0.4, -0.2) is 35.1 Å². The van der Waals surface area contributed by atoms with Gasteiger partial charge in [-0.2, -0.15) is 0 Å². The molecule has 0 saturated heterocycles. The molecule has 0 aliphatic rings. The molecular weight excluding hydrogens is 404 g/mol. The zero-order chi connectivity index (χ0) is 21.6. The highest BCUT2D eigenvalue weighted by Gasteiger charge is 2.21. The minimum atomic E-state index is -3.77. The molecule has 0 heterocycles. The number of anilines is 2. The molecule has 0 radical (unpaired) electrons. The van der Waals surface area contributed by atoms with E-state index in [4.69, 9.17) is 9.47 Å². The molecule has 3 rings (SSSR count). The molecular formula is C22H22N2O5S. The van der Waals surface area contributed by atoms with E-state index < -0.39 is 9.84 Å². The van der Waals surface area contributed by atoms with Crippen LogP contribution in [0.1, 0.15) is 0 Å². The first kappa shape index (κ1) is 21.2. The zero-order valence-electron chi connectivity index (χ0n) is 16.6. The Morgan fingerprint density at radius 3 is 2.00 bits per heavy atom. The van der Waals surface area contributed by atoms with Crippen molar-refractivity contribution < 1.29 is 22.7 Å². The topological polar surface area (TPSA) is 93.7 Å². The maximum absolute atomic E-state index is 13.1. The van der Waals surface area contributed by atoms with Crippen molar-refractivity contribution in [2.75, 3.05) is 31.4 Å². The summed E-state index contributed by atoms with van der Waals surface area (Å²) in [4.78, 5) is 12.5. The van der Waals surface area contributed by atoms with Crippen LogP contribution in [0.3, 0.4) is 0 Å². The van der Waals surface area contributed by atoms with Crippen molar-refractivity contribution >= 4 is 27.1 Å². The fourth-order valence-corrected chi connectivity index (χ4v) is 4.22. The minimum absolute atomic E-state index is 0.0902. The summed E-state index contributed by atoms with van der Waals surface area (Å²) >= 11 is 0. The van der Waals surface area contributed by atoms with Gasteiger partial charge >= 0.3 is 0 Å². The van der Waals surface area contributed by atoms with Gasteiger partial charge in [0.15, 0.2) is 0 Å². The van der Waals surface area contributed by atoms with Gasteiger partial charge in [-0.05, 0) is 60.7 Å². The number of sulfone groups is 1. The third-order valence-corrected chi connectivity index (χ3v) is 6.19. The number of rotatable bonds is 8. The van der Waals surface area contributed by atoms with Gasteiger partial charge in [-0.3, -0.25) is 4.79 Å². The van der Waals surface area contributed by atoms with Crippen LogP contribution in [0.5, 0.6) is 11.5 Å². The van der Waals surface area contributed by atoms with Crippen LogP contribution in [0.4, 0.5) is 11.4 Å². The standard InChI is InChI=1S/C22H22N2O5S/c1-28-17-9-7-16(8-10-17)24-22(25)15-23-20-5-3-4-6-21(20)30(26,27)19-13-11-18(29-2)12-14-19/h3-14,23H,15H2,1-2H3,(H,24,25). The van der Waals surface area contributed by atoms with Crippen molar-refractivity contribution in [3.8, 4) is 11.5 Å². The minimum Gasteiger partial charge on any atom is -0.497 e. The molecule has 30 heavy (non-hydrogen) atoms. The molecule has 0 aromatic heterocycles. The second-order valence-corrected chi connectivity index (χ2v) is 8.22. The molecule has 0 unspecified atom stereocenters. The molecule has 3 aromatic carbocycles. The summed E-state index contributed by atoms with van der Waals surface area (Å²) in [5.41, 5.74) is 0.958. The number of para-hydroxylation sites is 1. The van der Waals surface area contributed by atoms with Gasteiger partial charge in [-0.1, -0.05) is 12.1 Å². The highest BCUT2D eigenvalue weighted by molar-refractivity contribution is 7.91. The van der Waals surface area contributed by atoms with Gasteiger partial charge in [0, 0.05) is 5.69 Å². The number of carbonyl (C=O) groups is 1. The van der Waals surface area contributed by atoms with Gasteiger partial charge < -0.3 is 20.1 Å². The van der Waals surface area contributed by atoms with Crippen LogP contribution in [0.2, 0.25) is 0 Å². The maximum atomic E-state index is 13.1. The van der Waals surface area contributed by atoms with E-state index >= 15 is 0 Å². The maximum Gasteiger partial charge on any atom is 0.243 e. The third-order valence-electron chi connectivity index (χ3n) is 4.36. The summed E-state index contributed by atoms with van der Waals surface area (Å²) in [5, 5.41) is 5.66. The molecule has 0 fully saturated rings. The fourth-order valence-electron chi connectivity index (χ4n) is 2.78. The fraction of sp³-hybridized carbons (Fsp3) is 0.136. The Hall–Kier alpha value is -3.52. The Morgan fingerprint density at radius 1 is 0.833 bits per heavy atom. The molecule has 2 N–H and O–H groups in total. The molecule has 0 spiro atoms. The number of carbonyl (C=O) groups excluding carboxylic acids is 1. The number of amides is 1. The first-order chi connectivity index (χ1) is 14.4. The molecule has 7 nitrogen and oxygen atoms in total. The average molecular weight is 426 g/mol. The lowest BCUT2D eigenvalue weighted by Gasteiger charge is -2.13. The lowest BCUT2D eigenvalue weighted by molar-refractivity contribution is -0.114. The lowest BCUT2D eigenvalue weighted by atomic mass is 10.3. The molecule has 0 aliphatic carbocycles. The normalized spacial score (nSPS) is 10.9. The van der Waals surface area contributed by atoms with Gasteiger partial charge in [0.2, 0.25) is 15.7 Å². The Morgan fingerprint density at radius 2 is 1.40 bits per heavy atom. The quantitative estimate of drug-likeness (QED) is 0.572. The smallest absolute Gasteiger partial charge is 0.243 e. The first-order valence-electron chi connectivity index (χ1n) is 9.10. The van der Waals surface area contributed by atoms with Gasteiger partial charge in [-0.25, -0.2) is 8.42 Å². The molecule has 0 bridgehead atoms. The van der Waals surface area contributed by atoms with Gasteiger partial charge in [0.1, 0.15) is 11.5 Å². The highest BCUT2D eigenvalue weighted by Crippen LogP contribution is 2.28. The highest BCUT2D eigenvalue weighted by atomic mass is 32.2.